The van der Waals surface area contributed by atoms with E-state index in [-0.39, 0.29) is 0 Å². The molecule has 4 rings (SSSR count). The standard InChI is InChI=1S/C19H15ClN4O/c20-15-11-14(22-19-18-16(23-24-19)7-4-10-21-18)8-9-17(15)25-12-13-5-2-1-3-6-13/h1-11H,12H2,(H2,22,23,24). The lowest BCUT2D eigenvalue weighted by atomic mass is 10.2. The smallest absolute Gasteiger partial charge is 0.178 e. The minimum Gasteiger partial charge on any atom is -0.487 e. The molecule has 5 nitrogen and oxygen atoms in total. The monoisotopic (exact) mass is 350 g/mol. The highest BCUT2D eigenvalue weighted by Gasteiger charge is 2.08. The van der Waals surface area contributed by atoms with Gasteiger partial charge in [0.15, 0.2) is 5.82 Å². The van der Waals surface area contributed by atoms with Gasteiger partial charge >= 0.3 is 0 Å². The van der Waals surface area contributed by atoms with Gasteiger partial charge in [0.2, 0.25) is 0 Å². The van der Waals surface area contributed by atoms with Crippen LogP contribution >= 0.6 is 11.6 Å². The van der Waals surface area contributed by atoms with Crippen molar-refractivity contribution in [1.82, 2.24) is 15.2 Å². The number of fused-ring (bicyclic) bond motifs is 1. The molecule has 2 heterocycles. The fourth-order valence-electron chi connectivity index (χ4n) is 2.51. The highest BCUT2D eigenvalue weighted by atomic mass is 35.5. The van der Waals surface area contributed by atoms with E-state index < -0.39 is 0 Å². The van der Waals surface area contributed by atoms with Crippen LogP contribution in [-0.4, -0.2) is 15.2 Å². The summed E-state index contributed by atoms with van der Waals surface area (Å²) in [7, 11) is 0. The zero-order chi connectivity index (χ0) is 17.1. The van der Waals surface area contributed by atoms with Gasteiger partial charge in [0.05, 0.1) is 10.5 Å². The van der Waals surface area contributed by atoms with Gasteiger partial charge in [0.1, 0.15) is 17.9 Å². The van der Waals surface area contributed by atoms with Crippen LogP contribution in [0.2, 0.25) is 5.02 Å². The van der Waals surface area contributed by atoms with Crippen molar-refractivity contribution in [3.63, 3.8) is 0 Å². The van der Waals surface area contributed by atoms with E-state index in [0.29, 0.717) is 23.2 Å². The Hall–Kier alpha value is -3.05. The molecule has 2 N–H and O–H groups in total. The minimum absolute atomic E-state index is 0.473. The van der Waals surface area contributed by atoms with Crippen LogP contribution in [0.5, 0.6) is 5.75 Å². The summed E-state index contributed by atoms with van der Waals surface area (Å²) in [4.78, 5) is 4.33. The molecule has 4 aromatic rings. The van der Waals surface area contributed by atoms with Crippen molar-refractivity contribution < 1.29 is 4.74 Å². The Morgan fingerprint density at radius 3 is 2.76 bits per heavy atom. The number of aromatic amines is 1. The number of nitrogens with one attached hydrogen (secondary N) is 2. The maximum atomic E-state index is 6.35. The molecule has 0 saturated heterocycles. The van der Waals surface area contributed by atoms with Gasteiger partial charge in [-0.1, -0.05) is 41.9 Å². The van der Waals surface area contributed by atoms with Crippen LogP contribution < -0.4 is 10.1 Å². The van der Waals surface area contributed by atoms with Gasteiger partial charge in [-0.15, -0.1) is 0 Å². The van der Waals surface area contributed by atoms with Gasteiger partial charge in [-0.25, -0.2) is 0 Å². The third-order valence-electron chi connectivity index (χ3n) is 3.75. The Kier molecular flexibility index (Phi) is 4.23. The van der Waals surface area contributed by atoms with E-state index in [4.69, 9.17) is 16.3 Å². The van der Waals surface area contributed by atoms with Crippen molar-refractivity contribution in [2.24, 2.45) is 0 Å². The second kappa shape index (κ2) is 6.83. The molecule has 0 unspecified atom stereocenters. The van der Waals surface area contributed by atoms with Gasteiger partial charge in [0.25, 0.3) is 0 Å². The van der Waals surface area contributed by atoms with E-state index in [0.717, 1.165) is 22.3 Å². The SMILES string of the molecule is Clc1cc(Nc2n[nH]c3cccnc23)ccc1OCc1ccccc1. The van der Waals surface area contributed by atoms with Gasteiger partial charge in [0, 0.05) is 11.9 Å². The first kappa shape index (κ1) is 15.5. The molecule has 0 aliphatic rings. The number of aromatic nitrogens is 3. The fraction of sp³-hybridized carbons (Fsp3) is 0.0526. The van der Waals surface area contributed by atoms with Crippen LogP contribution in [0.25, 0.3) is 11.0 Å². The number of H-pyrrole nitrogens is 1. The summed E-state index contributed by atoms with van der Waals surface area (Å²) in [5.74, 6) is 1.30. The van der Waals surface area contributed by atoms with Crippen LogP contribution in [0.15, 0.2) is 66.9 Å². The maximum Gasteiger partial charge on any atom is 0.178 e. The van der Waals surface area contributed by atoms with Crippen molar-refractivity contribution in [2.45, 2.75) is 6.61 Å². The zero-order valence-corrected chi connectivity index (χ0v) is 14.0. The predicted octanol–water partition coefficient (Wildman–Crippen LogP) is 4.93. The molecule has 0 fully saturated rings. The number of pyridine rings is 1. The van der Waals surface area contributed by atoms with E-state index in [1.807, 2.05) is 60.7 Å². The summed E-state index contributed by atoms with van der Waals surface area (Å²) < 4.78 is 5.79. The Labute approximate surface area is 149 Å². The second-order valence-corrected chi connectivity index (χ2v) is 5.92. The summed E-state index contributed by atoms with van der Waals surface area (Å²) in [6, 6.07) is 19.3. The Bertz CT molecular complexity index is 1000. The lowest BCUT2D eigenvalue weighted by molar-refractivity contribution is 0.306. The molecule has 0 bridgehead atoms. The summed E-state index contributed by atoms with van der Waals surface area (Å²) in [5, 5.41) is 10.9. The zero-order valence-electron chi connectivity index (χ0n) is 13.2. The molecule has 0 saturated carbocycles. The number of nitrogens with zero attached hydrogens (tertiary/aromatic N) is 2. The number of benzene rings is 2. The molecular weight excluding hydrogens is 336 g/mol. The third-order valence-corrected chi connectivity index (χ3v) is 4.05. The topological polar surface area (TPSA) is 62.8 Å². The van der Waals surface area contributed by atoms with Crippen LogP contribution in [-0.2, 0) is 6.61 Å². The lowest BCUT2D eigenvalue weighted by Crippen LogP contribution is -1.97. The quantitative estimate of drug-likeness (QED) is 0.535. The summed E-state index contributed by atoms with van der Waals surface area (Å²) in [5.41, 5.74) is 3.56. The van der Waals surface area contributed by atoms with Gasteiger partial charge in [-0.2, -0.15) is 5.10 Å². The molecular formula is C19H15ClN4O. The molecule has 0 atom stereocenters. The van der Waals surface area contributed by atoms with Crippen molar-refractivity contribution in [3.05, 3.63) is 77.4 Å². The number of ether oxygens (including phenoxy) is 1. The maximum absolute atomic E-state index is 6.35. The van der Waals surface area contributed by atoms with E-state index >= 15 is 0 Å². The number of rotatable bonds is 5. The molecule has 0 aliphatic heterocycles. The molecule has 124 valence electrons. The lowest BCUT2D eigenvalue weighted by Gasteiger charge is -2.10. The van der Waals surface area contributed by atoms with Crippen LogP contribution in [0.4, 0.5) is 11.5 Å². The largest absolute Gasteiger partial charge is 0.487 e. The van der Waals surface area contributed by atoms with Crippen LogP contribution in [0.3, 0.4) is 0 Å². The predicted molar refractivity (Wildman–Crippen MR) is 99.4 cm³/mol. The van der Waals surface area contributed by atoms with Crippen molar-refractivity contribution in [3.8, 4) is 5.75 Å². The highest BCUT2D eigenvalue weighted by molar-refractivity contribution is 6.32. The fourth-order valence-corrected chi connectivity index (χ4v) is 2.74. The van der Waals surface area contributed by atoms with Gasteiger partial charge in [-0.3, -0.25) is 10.1 Å². The first-order valence-corrected chi connectivity index (χ1v) is 8.20. The van der Waals surface area contributed by atoms with E-state index in [9.17, 15) is 0 Å². The average Bonchev–Trinajstić information content (AvgIpc) is 3.05. The minimum atomic E-state index is 0.473. The van der Waals surface area contributed by atoms with E-state index in [1.165, 1.54) is 0 Å². The number of hydrogen-bond donors (Lipinski definition) is 2. The number of hydrogen-bond acceptors (Lipinski definition) is 4. The first-order valence-electron chi connectivity index (χ1n) is 7.82. The Balaban J connectivity index is 1.49. The van der Waals surface area contributed by atoms with Crippen LogP contribution in [0.1, 0.15) is 5.56 Å². The summed E-state index contributed by atoms with van der Waals surface area (Å²) in [6.07, 6.45) is 1.73. The van der Waals surface area contributed by atoms with E-state index in [2.05, 4.69) is 20.5 Å². The molecule has 0 radical (unpaired) electrons. The highest BCUT2D eigenvalue weighted by Crippen LogP contribution is 2.30. The molecule has 25 heavy (non-hydrogen) atoms. The molecule has 2 aromatic heterocycles. The average molecular weight is 351 g/mol. The van der Waals surface area contributed by atoms with Crippen molar-refractivity contribution in [2.75, 3.05) is 5.32 Å². The molecule has 6 heteroatoms. The Morgan fingerprint density at radius 1 is 1.04 bits per heavy atom. The second-order valence-electron chi connectivity index (χ2n) is 5.52. The first-order chi connectivity index (χ1) is 12.3. The van der Waals surface area contributed by atoms with Crippen molar-refractivity contribution >= 4 is 34.1 Å². The van der Waals surface area contributed by atoms with Gasteiger partial charge < -0.3 is 10.1 Å². The molecule has 0 aliphatic carbocycles. The third kappa shape index (κ3) is 3.41. The summed E-state index contributed by atoms with van der Waals surface area (Å²) >= 11 is 6.35. The molecule has 2 aromatic carbocycles. The Morgan fingerprint density at radius 2 is 1.92 bits per heavy atom. The van der Waals surface area contributed by atoms with Gasteiger partial charge in [-0.05, 0) is 35.9 Å². The van der Waals surface area contributed by atoms with E-state index in [1.54, 1.807) is 6.20 Å². The number of anilines is 2. The van der Waals surface area contributed by atoms with Crippen LogP contribution in [0, 0.1) is 0 Å². The number of halogens is 1. The van der Waals surface area contributed by atoms with Crippen molar-refractivity contribution in [1.29, 1.82) is 0 Å². The molecule has 0 spiro atoms. The summed E-state index contributed by atoms with van der Waals surface area (Å²) in [6.45, 7) is 0.473. The molecule has 0 amide bonds. The normalized spacial score (nSPS) is 10.8.